The molecule has 11 heteroatoms. The van der Waals surface area contributed by atoms with Crippen molar-refractivity contribution in [3.63, 3.8) is 0 Å². The largest absolute Gasteiger partial charge is 0.467 e. The van der Waals surface area contributed by atoms with Gasteiger partial charge in [-0.3, -0.25) is 4.79 Å². The van der Waals surface area contributed by atoms with E-state index in [1.165, 1.54) is 23.2 Å². The van der Waals surface area contributed by atoms with E-state index in [0.29, 0.717) is 42.0 Å². The topological polar surface area (TPSA) is 158 Å². The van der Waals surface area contributed by atoms with E-state index in [0.717, 1.165) is 0 Å². The number of nitrogens with two attached hydrogens (primary N) is 3. The summed E-state index contributed by atoms with van der Waals surface area (Å²) < 4.78 is 20.9. The first kappa shape index (κ1) is 25.0. The molecule has 1 amide bonds. The number of likely N-dealkylation sites (tertiary alicyclic amines) is 1. The number of aromatic nitrogens is 2. The first-order valence-electron chi connectivity index (χ1n) is 11.4. The number of hydrazone groups is 1. The van der Waals surface area contributed by atoms with Gasteiger partial charge in [0.15, 0.2) is 0 Å². The van der Waals surface area contributed by atoms with Crippen molar-refractivity contribution < 1.29 is 13.9 Å². The minimum atomic E-state index is -0.671. The van der Waals surface area contributed by atoms with Crippen LogP contribution in [0.2, 0.25) is 0 Å². The Hall–Kier alpha value is -4.09. The van der Waals surface area contributed by atoms with Crippen molar-refractivity contribution in [1.82, 2.24) is 20.2 Å². The minimum absolute atomic E-state index is 0.0360. The predicted octanol–water partition coefficient (Wildman–Crippen LogP) is 1.98. The third kappa shape index (κ3) is 5.11. The molecule has 0 bridgehead atoms. The summed E-state index contributed by atoms with van der Waals surface area (Å²) in [5.74, 6) is 4.82. The fourth-order valence-electron chi connectivity index (χ4n) is 4.06. The van der Waals surface area contributed by atoms with Crippen molar-refractivity contribution >= 4 is 17.6 Å². The number of nitrogens with zero attached hydrogens (tertiary/aromatic N) is 4. The molecule has 10 nitrogen and oxygen atoms in total. The quantitative estimate of drug-likeness (QED) is 0.134. The van der Waals surface area contributed by atoms with Crippen molar-refractivity contribution in [3.05, 3.63) is 77.4 Å². The van der Waals surface area contributed by atoms with E-state index in [4.69, 9.17) is 22.0 Å². The second kappa shape index (κ2) is 10.3. The van der Waals surface area contributed by atoms with E-state index in [1.54, 1.807) is 20.0 Å². The van der Waals surface area contributed by atoms with Crippen LogP contribution in [0.3, 0.4) is 0 Å². The van der Waals surface area contributed by atoms with Gasteiger partial charge in [0, 0.05) is 17.7 Å². The average Bonchev–Trinajstić information content (AvgIpc) is 3.30. The molecule has 0 saturated carbocycles. The summed E-state index contributed by atoms with van der Waals surface area (Å²) in [4.78, 5) is 23.2. The summed E-state index contributed by atoms with van der Waals surface area (Å²) in [6, 6.07) is 13.5. The third-order valence-corrected chi connectivity index (χ3v) is 6.22. The molecule has 2 atom stereocenters. The second-order valence-corrected chi connectivity index (χ2v) is 8.66. The molecule has 1 fully saturated rings. The molecule has 36 heavy (non-hydrogen) atoms. The van der Waals surface area contributed by atoms with Crippen LogP contribution < -0.4 is 22.6 Å². The zero-order valence-electron chi connectivity index (χ0n) is 20.1. The highest BCUT2D eigenvalue weighted by Crippen LogP contribution is 2.27. The number of hydrogen-bond acceptors (Lipinski definition) is 9. The number of nitrogens with one attached hydrogen (secondary N) is 1. The van der Waals surface area contributed by atoms with Gasteiger partial charge in [0.05, 0.1) is 29.7 Å². The molecule has 4 rings (SSSR count). The summed E-state index contributed by atoms with van der Waals surface area (Å²) in [5.41, 5.74) is 13.4. The SMILES string of the molecule is CNC1(N)CCN(C(=O)c2ccc(-c3cnc(N)c(C(C)O/C(=N\N)c4ccccc4)n3)cc2F)C1. The highest BCUT2D eigenvalue weighted by Gasteiger charge is 2.36. The van der Waals surface area contributed by atoms with Crippen LogP contribution in [0, 0.1) is 5.82 Å². The van der Waals surface area contributed by atoms with Gasteiger partial charge in [-0.2, -0.15) is 0 Å². The molecule has 7 N–H and O–H groups in total. The number of halogens is 1. The van der Waals surface area contributed by atoms with Gasteiger partial charge in [-0.05, 0) is 44.7 Å². The number of carbonyl (C=O) groups is 1. The lowest BCUT2D eigenvalue weighted by atomic mass is 10.1. The highest BCUT2D eigenvalue weighted by molar-refractivity contribution is 5.95. The van der Waals surface area contributed by atoms with Gasteiger partial charge in [-0.15, -0.1) is 5.10 Å². The molecule has 1 aliphatic rings. The van der Waals surface area contributed by atoms with Crippen molar-refractivity contribution in [3.8, 4) is 11.3 Å². The standard InChI is InChI=1S/C25H29FN8O2/c1-15(36-23(33-29)16-6-4-3-5-7-16)21-22(27)31-13-20(32-21)17-8-9-18(19(26)12-17)24(35)34-11-10-25(28,14-34)30-2/h3-9,12-13,15,30H,10-11,14,28-29H2,1-2H3,(H2,27,31)/b33-23-. The number of hydrogen-bond donors (Lipinski definition) is 4. The summed E-state index contributed by atoms with van der Waals surface area (Å²) in [7, 11) is 1.74. The Balaban J connectivity index is 1.55. The smallest absolute Gasteiger partial charge is 0.256 e. The average molecular weight is 493 g/mol. The number of amides is 1. The summed E-state index contributed by atoms with van der Waals surface area (Å²) >= 11 is 0. The Morgan fingerprint density at radius 1 is 1.28 bits per heavy atom. The summed E-state index contributed by atoms with van der Waals surface area (Å²) in [5, 5.41) is 6.73. The molecular weight excluding hydrogens is 463 g/mol. The molecule has 188 valence electrons. The Morgan fingerprint density at radius 2 is 2.03 bits per heavy atom. The lowest BCUT2D eigenvalue weighted by molar-refractivity contribution is 0.0776. The molecule has 2 aromatic carbocycles. The van der Waals surface area contributed by atoms with Crippen LogP contribution in [0.1, 0.15) is 41.1 Å². The molecule has 2 heterocycles. The third-order valence-electron chi connectivity index (χ3n) is 6.22. The number of rotatable bonds is 6. The van der Waals surface area contributed by atoms with E-state index in [9.17, 15) is 4.79 Å². The molecule has 0 aliphatic carbocycles. The molecule has 1 aliphatic heterocycles. The maximum absolute atomic E-state index is 15.0. The summed E-state index contributed by atoms with van der Waals surface area (Å²) in [6.07, 6.45) is 1.37. The van der Waals surface area contributed by atoms with E-state index in [2.05, 4.69) is 20.4 Å². The van der Waals surface area contributed by atoms with Crippen molar-refractivity contribution in [1.29, 1.82) is 0 Å². The number of nitrogen functional groups attached to an aromatic ring is 1. The number of ether oxygens (including phenoxy) is 1. The molecule has 1 saturated heterocycles. The van der Waals surface area contributed by atoms with Crippen molar-refractivity contribution in [2.75, 3.05) is 25.9 Å². The normalized spacial score (nSPS) is 18.8. The van der Waals surface area contributed by atoms with Gasteiger partial charge in [-0.1, -0.05) is 24.3 Å². The number of anilines is 1. The van der Waals surface area contributed by atoms with Crippen LogP contribution in [0.25, 0.3) is 11.3 Å². The van der Waals surface area contributed by atoms with Crippen LogP contribution in [-0.2, 0) is 4.74 Å². The van der Waals surface area contributed by atoms with Crippen molar-refractivity contribution in [2.45, 2.75) is 25.1 Å². The predicted molar refractivity (Wildman–Crippen MR) is 135 cm³/mol. The second-order valence-electron chi connectivity index (χ2n) is 8.66. The van der Waals surface area contributed by atoms with E-state index in [1.807, 2.05) is 30.3 Å². The van der Waals surface area contributed by atoms with Gasteiger partial charge >= 0.3 is 0 Å². The van der Waals surface area contributed by atoms with E-state index >= 15 is 4.39 Å². The zero-order chi connectivity index (χ0) is 25.9. The number of benzene rings is 2. The summed E-state index contributed by atoms with van der Waals surface area (Å²) in [6.45, 7) is 2.48. The molecule has 0 radical (unpaired) electrons. The molecule has 3 aromatic rings. The van der Waals surface area contributed by atoms with Gasteiger partial charge in [0.1, 0.15) is 23.4 Å². The van der Waals surface area contributed by atoms with Gasteiger partial charge < -0.3 is 32.3 Å². The fraction of sp³-hybridized carbons (Fsp3) is 0.280. The lowest BCUT2D eigenvalue weighted by Crippen LogP contribution is -2.54. The number of likely N-dealkylation sites (N-methyl/N-ethyl adjacent to an activating group) is 1. The van der Waals surface area contributed by atoms with Crippen LogP contribution in [0.15, 0.2) is 59.8 Å². The monoisotopic (exact) mass is 492 g/mol. The van der Waals surface area contributed by atoms with Gasteiger partial charge in [-0.25, -0.2) is 14.4 Å². The highest BCUT2D eigenvalue weighted by atomic mass is 19.1. The minimum Gasteiger partial charge on any atom is -0.467 e. The number of carbonyl (C=O) groups excluding carboxylic acids is 1. The Kier molecular flexibility index (Phi) is 7.13. The Morgan fingerprint density at radius 3 is 2.67 bits per heavy atom. The first-order valence-corrected chi connectivity index (χ1v) is 11.4. The Labute approximate surface area is 208 Å². The first-order chi connectivity index (χ1) is 17.2. The molecule has 2 unspecified atom stereocenters. The van der Waals surface area contributed by atoms with E-state index < -0.39 is 23.5 Å². The van der Waals surface area contributed by atoms with Crippen LogP contribution in [0.5, 0.6) is 0 Å². The van der Waals surface area contributed by atoms with Crippen LogP contribution in [0.4, 0.5) is 10.2 Å². The molecular formula is C25H29FN8O2. The van der Waals surface area contributed by atoms with Crippen molar-refractivity contribution in [2.24, 2.45) is 16.7 Å². The fourth-order valence-corrected chi connectivity index (χ4v) is 4.06. The lowest BCUT2D eigenvalue weighted by Gasteiger charge is -2.24. The molecule has 0 spiro atoms. The van der Waals surface area contributed by atoms with Crippen LogP contribution in [-0.4, -0.2) is 52.5 Å². The van der Waals surface area contributed by atoms with Crippen LogP contribution >= 0.6 is 0 Å². The van der Waals surface area contributed by atoms with E-state index in [-0.39, 0.29) is 17.3 Å². The Bertz CT molecular complexity index is 1290. The molecule has 1 aromatic heterocycles. The van der Waals surface area contributed by atoms with Gasteiger partial charge in [0.2, 0.25) is 5.90 Å². The zero-order valence-corrected chi connectivity index (χ0v) is 20.1. The van der Waals surface area contributed by atoms with Gasteiger partial charge in [0.25, 0.3) is 5.91 Å². The maximum Gasteiger partial charge on any atom is 0.256 e. The maximum atomic E-state index is 15.0.